The Morgan fingerprint density at radius 3 is 1.94 bits per heavy atom. The van der Waals surface area contributed by atoms with Gasteiger partial charge in [0.1, 0.15) is 0 Å². The van der Waals surface area contributed by atoms with Crippen LogP contribution in [0, 0.1) is 6.92 Å². The second-order valence-corrected chi connectivity index (χ2v) is 10.00. The third kappa shape index (κ3) is 4.15. The van der Waals surface area contributed by atoms with Gasteiger partial charge in [-0.05, 0) is 46.0 Å². The Kier molecular flexibility index (Phi) is 4.51. The van der Waals surface area contributed by atoms with E-state index < -0.39 is 8.32 Å². The molecule has 0 bridgehead atoms. The van der Waals surface area contributed by atoms with Gasteiger partial charge in [-0.15, -0.1) is 0 Å². The van der Waals surface area contributed by atoms with Gasteiger partial charge >= 0.3 is 0 Å². The zero-order valence-corrected chi connectivity index (χ0v) is 13.1. The van der Waals surface area contributed by atoms with Crippen LogP contribution < -0.4 is 0 Å². The van der Waals surface area contributed by atoms with E-state index in [0.717, 1.165) is 11.3 Å². The first-order chi connectivity index (χ1) is 8.20. The summed E-state index contributed by atoms with van der Waals surface area (Å²) in [5.41, 5.74) is 2.81. The summed E-state index contributed by atoms with van der Waals surface area (Å²) >= 11 is 0. The number of allylic oxidation sites excluding steroid dienone is 2. The highest BCUT2D eigenvalue weighted by atomic mass is 28.4. The first kappa shape index (κ1) is 14.7. The molecule has 0 spiro atoms. The van der Waals surface area contributed by atoms with Crippen LogP contribution in [-0.4, -0.2) is 14.1 Å². The molecule has 0 aliphatic carbocycles. The van der Waals surface area contributed by atoms with E-state index in [0.29, 0.717) is 5.57 Å². The lowest BCUT2D eigenvalue weighted by Crippen LogP contribution is -2.25. The van der Waals surface area contributed by atoms with E-state index in [9.17, 15) is 4.79 Å². The molecule has 0 saturated carbocycles. The molecule has 18 heavy (non-hydrogen) atoms. The molecular formula is C15H22O2Si. The highest BCUT2D eigenvalue weighted by Gasteiger charge is 2.20. The zero-order chi connectivity index (χ0) is 13.9. The number of aryl methyl sites for hydroxylation is 1. The van der Waals surface area contributed by atoms with Crippen LogP contribution in [-0.2, 0) is 9.22 Å². The molecule has 1 aromatic carbocycles. The van der Waals surface area contributed by atoms with Gasteiger partial charge in [-0.2, -0.15) is 0 Å². The molecule has 1 aromatic rings. The largest absolute Gasteiger partial charge is 0.547 e. The first-order valence-corrected chi connectivity index (χ1v) is 9.59. The topological polar surface area (TPSA) is 26.3 Å². The smallest absolute Gasteiger partial charge is 0.241 e. The summed E-state index contributed by atoms with van der Waals surface area (Å²) in [5, 5.41) is 0. The number of Topliss-reactive ketones (excluding diaryl/α,β-unsaturated/α-hetero) is 1. The summed E-state index contributed by atoms with van der Waals surface area (Å²) in [5.74, 6) is 0.792. The maximum absolute atomic E-state index is 11.8. The van der Waals surface area contributed by atoms with Gasteiger partial charge in [-0.3, -0.25) is 4.79 Å². The van der Waals surface area contributed by atoms with Crippen LogP contribution in [0.25, 0.3) is 5.57 Å². The lowest BCUT2D eigenvalue weighted by molar-refractivity contribution is -0.111. The molecule has 0 saturated heterocycles. The van der Waals surface area contributed by atoms with Gasteiger partial charge in [0.2, 0.25) is 8.32 Å². The molecular weight excluding hydrogens is 240 g/mol. The molecule has 3 heteroatoms. The lowest BCUT2D eigenvalue weighted by atomic mass is 10.0. The van der Waals surface area contributed by atoms with Crippen molar-refractivity contribution in [2.24, 2.45) is 0 Å². The third-order valence-electron chi connectivity index (χ3n) is 2.50. The summed E-state index contributed by atoms with van der Waals surface area (Å²) in [6.07, 6.45) is 0. The molecule has 1 rings (SSSR count). The molecule has 0 heterocycles. The minimum Gasteiger partial charge on any atom is -0.547 e. The number of hydrogen-bond donors (Lipinski definition) is 0. The molecule has 98 valence electrons. The van der Waals surface area contributed by atoms with Crippen molar-refractivity contribution in [3.05, 3.63) is 41.2 Å². The van der Waals surface area contributed by atoms with E-state index in [2.05, 4.69) is 19.6 Å². The molecule has 0 N–H and O–H groups in total. The van der Waals surface area contributed by atoms with Crippen molar-refractivity contribution in [1.29, 1.82) is 0 Å². The summed E-state index contributed by atoms with van der Waals surface area (Å²) in [6, 6.07) is 7.98. The number of hydrogen-bond acceptors (Lipinski definition) is 2. The van der Waals surface area contributed by atoms with E-state index in [1.807, 2.05) is 38.1 Å². The Bertz CT molecular complexity index is 464. The van der Waals surface area contributed by atoms with Gasteiger partial charge in [-0.1, -0.05) is 29.8 Å². The van der Waals surface area contributed by atoms with Gasteiger partial charge in [0.15, 0.2) is 5.78 Å². The van der Waals surface area contributed by atoms with Gasteiger partial charge in [-0.25, -0.2) is 0 Å². The maximum Gasteiger partial charge on any atom is 0.241 e. The molecule has 0 unspecified atom stereocenters. The summed E-state index contributed by atoms with van der Waals surface area (Å²) in [6.45, 7) is 11.9. The molecule has 0 amide bonds. The second-order valence-electron chi connectivity index (χ2n) is 5.57. The Hall–Kier alpha value is -1.35. The SMILES string of the molecule is CC(=O)/C(=C(/C)O[Si](C)(C)C)c1ccc(C)cc1. The van der Waals surface area contributed by atoms with Crippen molar-refractivity contribution in [2.75, 3.05) is 0 Å². The first-order valence-electron chi connectivity index (χ1n) is 6.18. The maximum atomic E-state index is 11.8. The van der Waals surface area contributed by atoms with Crippen LogP contribution in [0.4, 0.5) is 0 Å². The van der Waals surface area contributed by atoms with Crippen molar-refractivity contribution in [3.8, 4) is 0 Å². The number of benzene rings is 1. The Morgan fingerprint density at radius 1 is 1.06 bits per heavy atom. The van der Waals surface area contributed by atoms with Gasteiger partial charge in [0.25, 0.3) is 0 Å². The minimum absolute atomic E-state index is 0.0506. The van der Waals surface area contributed by atoms with Crippen molar-refractivity contribution >= 4 is 19.7 Å². The number of rotatable bonds is 4. The van der Waals surface area contributed by atoms with Crippen molar-refractivity contribution < 1.29 is 9.22 Å². The van der Waals surface area contributed by atoms with Crippen molar-refractivity contribution in [1.82, 2.24) is 0 Å². The normalized spacial score (nSPS) is 13.0. The predicted octanol–water partition coefficient (Wildman–Crippen LogP) is 4.17. The zero-order valence-electron chi connectivity index (χ0n) is 12.1. The van der Waals surface area contributed by atoms with Crippen LogP contribution in [0.1, 0.15) is 25.0 Å². The highest BCUT2D eigenvalue weighted by molar-refractivity contribution is 6.70. The highest BCUT2D eigenvalue weighted by Crippen LogP contribution is 2.23. The van der Waals surface area contributed by atoms with E-state index in [-0.39, 0.29) is 5.78 Å². The molecule has 0 aliphatic heterocycles. The van der Waals surface area contributed by atoms with E-state index in [1.165, 1.54) is 5.56 Å². The summed E-state index contributed by atoms with van der Waals surface area (Å²) in [4.78, 5) is 11.8. The fourth-order valence-electron chi connectivity index (χ4n) is 1.88. The van der Waals surface area contributed by atoms with Gasteiger partial charge in [0, 0.05) is 0 Å². The van der Waals surface area contributed by atoms with Crippen LogP contribution in [0.5, 0.6) is 0 Å². The van der Waals surface area contributed by atoms with E-state index in [4.69, 9.17) is 4.43 Å². The third-order valence-corrected chi connectivity index (χ3v) is 3.42. The van der Waals surface area contributed by atoms with Crippen LogP contribution in [0.15, 0.2) is 30.0 Å². The number of carbonyl (C=O) groups excluding carboxylic acids is 1. The quantitative estimate of drug-likeness (QED) is 0.462. The number of ketones is 1. The Labute approximate surface area is 111 Å². The lowest BCUT2D eigenvalue weighted by Gasteiger charge is -2.22. The molecule has 0 atom stereocenters. The average molecular weight is 262 g/mol. The van der Waals surface area contributed by atoms with Crippen molar-refractivity contribution in [3.63, 3.8) is 0 Å². The minimum atomic E-state index is -1.68. The number of carbonyl (C=O) groups is 1. The Balaban J connectivity index is 3.21. The molecule has 0 aliphatic rings. The van der Waals surface area contributed by atoms with Crippen LogP contribution in [0.3, 0.4) is 0 Å². The molecule has 2 nitrogen and oxygen atoms in total. The fourth-order valence-corrected chi connectivity index (χ4v) is 2.91. The fraction of sp³-hybridized carbons (Fsp3) is 0.400. The monoisotopic (exact) mass is 262 g/mol. The second kappa shape index (κ2) is 5.53. The summed E-state index contributed by atoms with van der Waals surface area (Å²) in [7, 11) is -1.68. The van der Waals surface area contributed by atoms with E-state index in [1.54, 1.807) is 6.92 Å². The van der Waals surface area contributed by atoms with Crippen LogP contribution in [0.2, 0.25) is 19.6 Å². The average Bonchev–Trinajstić information content (AvgIpc) is 2.18. The predicted molar refractivity (Wildman–Crippen MR) is 78.9 cm³/mol. The van der Waals surface area contributed by atoms with E-state index >= 15 is 0 Å². The van der Waals surface area contributed by atoms with Gasteiger partial charge in [0.05, 0.1) is 11.3 Å². The molecule has 0 fully saturated rings. The summed E-state index contributed by atoms with van der Waals surface area (Å²) < 4.78 is 5.94. The molecule has 0 aromatic heterocycles. The van der Waals surface area contributed by atoms with Crippen LogP contribution >= 0.6 is 0 Å². The van der Waals surface area contributed by atoms with Crippen molar-refractivity contribution in [2.45, 2.75) is 40.4 Å². The van der Waals surface area contributed by atoms with Gasteiger partial charge < -0.3 is 4.43 Å². The Morgan fingerprint density at radius 2 is 1.56 bits per heavy atom. The molecule has 0 radical (unpaired) electrons. The standard InChI is InChI=1S/C15H22O2Si/c1-11-7-9-14(10-8-11)15(12(2)16)13(3)17-18(4,5)6/h7-10H,1-6H3/b15-13+.